The van der Waals surface area contributed by atoms with E-state index in [1.807, 2.05) is 0 Å². The first-order valence-corrected chi connectivity index (χ1v) is 13.0. The molecule has 3 fully saturated rings. The van der Waals surface area contributed by atoms with Gasteiger partial charge in [-0.1, -0.05) is 58.4 Å². The van der Waals surface area contributed by atoms with Gasteiger partial charge >= 0.3 is 0 Å². The lowest BCUT2D eigenvalue weighted by Crippen LogP contribution is -2.53. The summed E-state index contributed by atoms with van der Waals surface area (Å²) in [7, 11) is -1.77. The van der Waals surface area contributed by atoms with Crippen LogP contribution in [0.15, 0.2) is 23.8 Å². The third-order valence-electron chi connectivity index (χ3n) is 8.90. The van der Waals surface area contributed by atoms with Crippen LogP contribution in [-0.2, 0) is 4.43 Å². The van der Waals surface area contributed by atoms with E-state index < -0.39 is 8.32 Å². The second-order valence-electron chi connectivity index (χ2n) is 11.6. The minimum absolute atomic E-state index is 0.289. The average Bonchev–Trinajstić information content (AvgIpc) is 2.89. The van der Waals surface area contributed by atoms with Gasteiger partial charge in [0.1, 0.15) is 0 Å². The largest absolute Gasteiger partial charge is 0.412 e. The molecule has 6 aliphatic rings. The highest BCUT2D eigenvalue weighted by atomic mass is 28.4. The van der Waals surface area contributed by atoms with Gasteiger partial charge in [-0.2, -0.15) is 0 Å². The monoisotopic (exact) mass is 342 g/mol. The number of rotatable bonds is 2. The maximum atomic E-state index is 7.29. The molecule has 7 atom stereocenters. The Balaban J connectivity index is 1.61. The molecule has 0 N–H and O–H groups in total. The summed E-state index contributed by atoms with van der Waals surface area (Å²) in [4.78, 5) is 0. The van der Waals surface area contributed by atoms with Gasteiger partial charge in [-0.05, 0) is 66.0 Å². The smallest absolute Gasteiger partial charge is 0.192 e. The Morgan fingerprint density at radius 1 is 1.17 bits per heavy atom. The van der Waals surface area contributed by atoms with Crippen LogP contribution >= 0.6 is 0 Å². The van der Waals surface area contributed by atoms with Crippen molar-refractivity contribution in [3.8, 4) is 0 Å². The highest BCUT2D eigenvalue weighted by Crippen LogP contribution is 2.82. The zero-order valence-electron chi connectivity index (χ0n) is 16.5. The first-order chi connectivity index (χ1) is 11.0. The van der Waals surface area contributed by atoms with Gasteiger partial charge in [0.2, 0.25) is 0 Å². The predicted octanol–water partition coefficient (Wildman–Crippen LogP) is 5.80. The van der Waals surface area contributed by atoms with Crippen LogP contribution in [0.25, 0.3) is 0 Å². The summed E-state index contributed by atoms with van der Waals surface area (Å²) in [5.41, 5.74) is 2.48. The molecular formula is C22H34OSi. The minimum Gasteiger partial charge on any atom is -0.412 e. The van der Waals surface area contributed by atoms with Crippen LogP contribution in [0.1, 0.15) is 47.5 Å². The molecule has 0 aromatic carbocycles. The highest BCUT2D eigenvalue weighted by molar-refractivity contribution is 6.74. The Labute approximate surface area is 149 Å². The summed E-state index contributed by atoms with van der Waals surface area (Å²) in [6.07, 6.45) is 11.0. The Morgan fingerprint density at radius 3 is 2.54 bits per heavy atom. The summed E-state index contributed by atoms with van der Waals surface area (Å²) < 4.78 is 7.29. The lowest BCUT2D eigenvalue weighted by Gasteiger charge is -2.49. The van der Waals surface area contributed by atoms with E-state index in [-0.39, 0.29) is 5.41 Å². The molecule has 0 radical (unpaired) electrons. The molecule has 0 amide bonds. The molecule has 0 aromatic rings. The van der Waals surface area contributed by atoms with Crippen LogP contribution in [-0.4, -0.2) is 14.4 Å². The summed E-state index contributed by atoms with van der Waals surface area (Å²) in [5.74, 6) is 4.29. The Hall–Kier alpha value is -0.343. The van der Waals surface area contributed by atoms with Crippen molar-refractivity contribution >= 4 is 8.32 Å². The molecule has 1 spiro atoms. The van der Waals surface area contributed by atoms with Gasteiger partial charge in [0.25, 0.3) is 0 Å². The number of allylic oxidation sites excluding steroid dienone is 3. The SMILES string of the molecule is CC1(C)CC2=C[C@@H]3C=C[C@H]4[C@H]5C[C@@H]3[C@]2(C1O[Si](C)(C)C(C)(C)C)[C@@H]45. The van der Waals surface area contributed by atoms with Crippen LogP contribution < -0.4 is 0 Å². The molecule has 0 saturated heterocycles. The van der Waals surface area contributed by atoms with E-state index in [1.54, 1.807) is 5.57 Å². The van der Waals surface area contributed by atoms with E-state index in [0.29, 0.717) is 22.5 Å². The maximum Gasteiger partial charge on any atom is 0.192 e. The Bertz CT molecular complexity index is 664. The molecule has 132 valence electrons. The zero-order chi connectivity index (χ0) is 17.3. The molecule has 6 rings (SSSR count). The van der Waals surface area contributed by atoms with Gasteiger partial charge in [-0.15, -0.1) is 0 Å². The molecule has 24 heavy (non-hydrogen) atoms. The van der Waals surface area contributed by atoms with E-state index in [0.717, 1.165) is 23.7 Å². The number of hydrogen-bond donors (Lipinski definition) is 0. The number of hydrogen-bond acceptors (Lipinski definition) is 1. The topological polar surface area (TPSA) is 9.23 Å². The van der Waals surface area contributed by atoms with Crippen molar-refractivity contribution in [2.45, 2.75) is 71.7 Å². The molecule has 1 unspecified atom stereocenters. The average molecular weight is 343 g/mol. The van der Waals surface area contributed by atoms with Crippen molar-refractivity contribution in [1.29, 1.82) is 0 Å². The molecule has 1 nitrogen and oxygen atoms in total. The molecule has 0 aliphatic heterocycles. The lowest BCUT2D eigenvalue weighted by atomic mass is 9.67. The van der Waals surface area contributed by atoms with E-state index >= 15 is 0 Å². The Kier molecular flexibility index (Phi) is 2.74. The third kappa shape index (κ3) is 1.61. The van der Waals surface area contributed by atoms with Gasteiger partial charge in [-0.25, -0.2) is 0 Å². The van der Waals surface area contributed by atoms with Crippen molar-refractivity contribution in [3.05, 3.63) is 23.8 Å². The molecule has 0 aromatic heterocycles. The van der Waals surface area contributed by atoms with E-state index in [2.05, 4.69) is 65.9 Å². The van der Waals surface area contributed by atoms with Crippen molar-refractivity contribution in [1.82, 2.24) is 0 Å². The predicted molar refractivity (Wildman–Crippen MR) is 102 cm³/mol. The summed E-state index contributed by atoms with van der Waals surface area (Å²) >= 11 is 0. The van der Waals surface area contributed by atoms with Crippen molar-refractivity contribution in [2.24, 2.45) is 40.4 Å². The van der Waals surface area contributed by atoms with E-state index in [1.165, 1.54) is 12.8 Å². The molecule has 0 heterocycles. The van der Waals surface area contributed by atoms with Gasteiger partial charge < -0.3 is 4.43 Å². The van der Waals surface area contributed by atoms with Crippen molar-refractivity contribution in [3.63, 3.8) is 0 Å². The Morgan fingerprint density at radius 2 is 1.88 bits per heavy atom. The van der Waals surface area contributed by atoms with Gasteiger partial charge in [0, 0.05) is 5.41 Å². The molecule has 6 bridgehead atoms. The van der Waals surface area contributed by atoms with Crippen LogP contribution in [0, 0.1) is 40.4 Å². The summed E-state index contributed by atoms with van der Waals surface area (Å²) in [6, 6.07) is 0. The quantitative estimate of drug-likeness (QED) is 0.455. The molecular weight excluding hydrogens is 308 g/mol. The summed E-state index contributed by atoms with van der Waals surface area (Å²) in [5, 5.41) is 0.291. The van der Waals surface area contributed by atoms with Crippen LogP contribution in [0.2, 0.25) is 18.1 Å². The lowest BCUT2D eigenvalue weighted by molar-refractivity contribution is -0.0236. The summed E-state index contributed by atoms with van der Waals surface area (Å²) in [6.45, 7) is 17.1. The fourth-order valence-electron chi connectivity index (χ4n) is 6.95. The minimum atomic E-state index is -1.77. The van der Waals surface area contributed by atoms with Crippen LogP contribution in [0.5, 0.6) is 0 Å². The maximum absolute atomic E-state index is 7.29. The highest BCUT2D eigenvalue weighted by Gasteiger charge is 2.79. The van der Waals surface area contributed by atoms with E-state index in [4.69, 9.17) is 4.43 Å². The fraction of sp³-hybridized carbons (Fsp3) is 0.818. The van der Waals surface area contributed by atoms with Gasteiger partial charge in [0.05, 0.1) is 6.10 Å². The van der Waals surface area contributed by atoms with Gasteiger partial charge in [0.15, 0.2) is 8.32 Å². The molecule has 6 aliphatic carbocycles. The fourth-order valence-corrected chi connectivity index (χ4v) is 8.41. The van der Waals surface area contributed by atoms with E-state index in [9.17, 15) is 0 Å². The molecule has 3 saturated carbocycles. The van der Waals surface area contributed by atoms with Crippen LogP contribution in [0.3, 0.4) is 0 Å². The normalized spacial score (nSPS) is 49.9. The standard InChI is InChI=1S/C22H34OSi/c1-20(2,3)24(6,7)23-19-21(4,5)12-14-10-13-8-9-15-16-11-17(13)22(14,19)18(15)16/h8-10,13,15-19H,11-12H2,1-7H3/t13-,15-,16+,17-,18-,19?,22-/m0/s1. The van der Waals surface area contributed by atoms with Crippen molar-refractivity contribution in [2.75, 3.05) is 0 Å². The first-order valence-electron chi connectivity index (χ1n) is 10.1. The van der Waals surface area contributed by atoms with Crippen LogP contribution in [0.4, 0.5) is 0 Å². The zero-order valence-corrected chi connectivity index (χ0v) is 17.5. The second-order valence-corrected chi connectivity index (χ2v) is 16.4. The molecule has 2 heteroatoms. The third-order valence-corrected chi connectivity index (χ3v) is 13.3. The first kappa shape index (κ1) is 15.9. The van der Waals surface area contributed by atoms with Crippen molar-refractivity contribution < 1.29 is 4.43 Å². The van der Waals surface area contributed by atoms with Gasteiger partial charge in [-0.3, -0.25) is 0 Å². The second kappa shape index (κ2) is 4.14.